The van der Waals surface area contributed by atoms with Gasteiger partial charge < -0.3 is 4.57 Å². The molecule has 1 aliphatic heterocycles. The van der Waals surface area contributed by atoms with Crippen LogP contribution in [0.5, 0.6) is 0 Å². The third kappa shape index (κ3) is 1.97. The fourth-order valence-corrected chi connectivity index (χ4v) is 5.00. The minimum Gasteiger partial charge on any atom is -0.321 e. The number of nitrogens with zero attached hydrogens (tertiary/aromatic N) is 3. The molecule has 0 fully saturated rings. The minimum absolute atomic E-state index is 0.227. The van der Waals surface area contributed by atoms with Crippen LogP contribution in [0.3, 0.4) is 0 Å². The molecule has 1 aromatic carbocycles. The molecule has 0 spiro atoms. The van der Waals surface area contributed by atoms with Crippen molar-refractivity contribution in [3.63, 3.8) is 0 Å². The highest BCUT2D eigenvalue weighted by Gasteiger charge is 2.44. The van der Waals surface area contributed by atoms with Gasteiger partial charge in [-0.05, 0) is 38.8 Å². The molecule has 0 bridgehead atoms. The molecular formula is C15H19N3O2S. The van der Waals surface area contributed by atoms with E-state index in [1.807, 2.05) is 38.1 Å². The number of hydrogen-bond acceptors (Lipinski definition) is 3. The maximum Gasteiger partial charge on any atom is 0.282 e. The highest BCUT2D eigenvalue weighted by Crippen LogP contribution is 2.42. The molecule has 2 aromatic rings. The van der Waals surface area contributed by atoms with Crippen molar-refractivity contribution in [2.45, 2.75) is 37.8 Å². The Morgan fingerprint density at radius 1 is 1.24 bits per heavy atom. The van der Waals surface area contributed by atoms with Gasteiger partial charge in [0, 0.05) is 7.05 Å². The van der Waals surface area contributed by atoms with E-state index in [1.165, 1.54) is 10.5 Å². The molecule has 2 heterocycles. The summed E-state index contributed by atoms with van der Waals surface area (Å²) < 4.78 is 29.4. The van der Waals surface area contributed by atoms with Crippen molar-refractivity contribution in [2.24, 2.45) is 7.05 Å². The number of rotatable bonds is 2. The molecule has 0 saturated heterocycles. The van der Waals surface area contributed by atoms with Crippen LogP contribution in [0.4, 0.5) is 5.69 Å². The number of anilines is 1. The zero-order chi connectivity index (χ0) is 15.4. The van der Waals surface area contributed by atoms with Crippen LogP contribution in [0.2, 0.25) is 0 Å². The lowest BCUT2D eigenvalue weighted by Crippen LogP contribution is -2.45. The van der Waals surface area contributed by atoms with E-state index in [2.05, 4.69) is 4.98 Å². The molecule has 3 rings (SSSR count). The Morgan fingerprint density at radius 2 is 1.90 bits per heavy atom. The molecular weight excluding hydrogens is 286 g/mol. The van der Waals surface area contributed by atoms with Crippen LogP contribution in [0, 0.1) is 6.92 Å². The van der Waals surface area contributed by atoms with Gasteiger partial charge in [-0.1, -0.05) is 18.2 Å². The van der Waals surface area contributed by atoms with E-state index in [0.29, 0.717) is 12.2 Å². The molecule has 0 unspecified atom stereocenters. The summed E-state index contributed by atoms with van der Waals surface area (Å²) >= 11 is 0. The van der Waals surface area contributed by atoms with E-state index >= 15 is 0 Å². The Bertz CT molecular complexity index is 806. The normalized spacial score (nSPS) is 17.0. The topological polar surface area (TPSA) is 55.2 Å². The zero-order valence-electron chi connectivity index (χ0n) is 12.7. The molecule has 5 nitrogen and oxygen atoms in total. The van der Waals surface area contributed by atoms with Crippen LogP contribution >= 0.6 is 0 Å². The Morgan fingerprint density at radius 3 is 2.52 bits per heavy atom. The Labute approximate surface area is 125 Å². The van der Waals surface area contributed by atoms with Crippen LogP contribution in [0.15, 0.2) is 35.5 Å². The van der Waals surface area contributed by atoms with Crippen LogP contribution in [0.1, 0.15) is 25.2 Å². The van der Waals surface area contributed by atoms with Crippen molar-refractivity contribution in [1.29, 1.82) is 0 Å². The molecule has 112 valence electrons. The first-order valence-electron chi connectivity index (χ1n) is 6.87. The van der Waals surface area contributed by atoms with Crippen molar-refractivity contribution in [1.82, 2.24) is 9.55 Å². The first kappa shape index (κ1) is 14.1. The quantitative estimate of drug-likeness (QED) is 0.855. The average Bonchev–Trinajstić information content (AvgIpc) is 2.86. The van der Waals surface area contributed by atoms with Gasteiger partial charge in [0.25, 0.3) is 10.0 Å². The van der Waals surface area contributed by atoms with Crippen LogP contribution in [0.25, 0.3) is 0 Å². The fourth-order valence-electron chi connectivity index (χ4n) is 2.99. The van der Waals surface area contributed by atoms with E-state index in [-0.39, 0.29) is 5.03 Å². The van der Waals surface area contributed by atoms with Gasteiger partial charge in [-0.3, -0.25) is 4.31 Å². The van der Waals surface area contributed by atoms with E-state index in [4.69, 9.17) is 0 Å². The molecule has 0 saturated carbocycles. The van der Waals surface area contributed by atoms with Gasteiger partial charge in [-0.25, -0.2) is 4.98 Å². The molecule has 0 amide bonds. The smallest absolute Gasteiger partial charge is 0.282 e. The van der Waals surface area contributed by atoms with E-state index in [9.17, 15) is 8.42 Å². The van der Waals surface area contributed by atoms with Gasteiger partial charge in [0.2, 0.25) is 0 Å². The maximum absolute atomic E-state index is 13.1. The summed E-state index contributed by atoms with van der Waals surface area (Å²) in [6.07, 6.45) is 2.14. The number of aromatic nitrogens is 2. The first-order valence-corrected chi connectivity index (χ1v) is 8.31. The Balaban J connectivity index is 2.21. The number of hydrogen-bond donors (Lipinski definition) is 0. The molecule has 21 heavy (non-hydrogen) atoms. The van der Waals surface area contributed by atoms with Gasteiger partial charge in [0.15, 0.2) is 5.03 Å². The van der Waals surface area contributed by atoms with Crippen molar-refractivity contribution in [3.05, 3.63) is 41.9 Å². The standard InChI is InChI=1S/C15H19N3O2S/c1-11-16-10-14(17(11)4)21(19,20)18-13-8-6-5-7-12(13)9-15(18,2)3/h5-8,10H,9H2,1-4H3. The maximum atomic E-state index is 13.1. The molecule has 6 heteroatoms. The summed E-state index contributed by atoms with van der Waals surface area (Å²) in [6.45, 7) is 5.70. The summed E-state index contributed by atoms with van der Waals surface area (Å²) in [7, 11) is -1.91. The van der Waals surface area contributed by atoms with Gasteiger partial charge in [0.05, 0.1) is 17.4 Å². The average molecular weight is 305 g/mol. The molecule has 0 radical (unpaired) electrons. The summed E-state index contributed by atoms with van der Waals surface area (Å²) in [5, 5.41) is 0.227. The van der Waals surface area contributed by atoms with Gasteiger partial charge in [0.1, 0.15) is 5.82 Å². The molecule has 0 N–H and O–H groups in total. The third-order valence-electron chi connectivity index (χ3n) is 4.07. The highest BCUT2D eigenvalue weighted by atomic mass is 32.2. The fraction of sp³-hybridized carbons (Fsp3) is 0.400. The summed E-state index contributed by atoms with van der Waals surface area (Å²) in [4.78, 5) is 4.11. The molecule has 1 aromatic heterocycles. The molecule has 0 aliphatic carbocycles. The van der Waals surface area contributed by atoms with Crippen molar-refractivity contribution >= 4 is 15.7 Å². The second kappa shape index (κ2) is 4.34. The predicted molar refractivity (Wildman–Crippen MR) is 81.8 cm³/mol. The van der Waals surface area contributed by atoms with E-state index in [0.717, 1.165) is 11.3 Å². The number of aryl methyl sites for hydroxylation is 1. The minimum atomic E-state index is -3.64. The van der Waals surface area contributed by atoms with Crippen molar-refractivity contribution < 1.29 is 8.42 Å². The molecule has 1 aliphatic rings. The second-order valence-electron chi connectivity index (χ2n) is 6.09. The van der Waals surface area contributed by atoms with E-state index < -0.39 is 15.6 Å². The van der Waals surface area contributed by atoms with Gasteiger partial charge in [-0.15, -0.1) is 0 Å². The number of benzene rings is 1. The second-order valence-corrected chi connectivity index (χ2v) is 7.82. The van der Waals surface area contributed by atoms with Crippen molar-refractivity contribution in [3.8, 4) is 0 Å². The monoisotopic (exact) mass is 305 g/mol. The molecule has 0 atom stereocenters. The number of sulfonamides is 1. The Hall–Kier alpha value is -1.82. The lowest BCUT2D eigenvalue weighted by Gasteiger charge is -2.32. The number of para-hydroxylation sites is 1. The Kier molecular flexibility index (Phi) is 2.92. The highest BCUT2D eigenvalue weighted by molar-refractivity contribution is 7.92. The third-order valence-corrected chi connectivity index (χ3v) is 6.15. The lowest BCUT2D eigenvalue weighted by atomic mass is 10.0. The zero-order valence-corrected chi connectivity index (χ0v) is 13.5. The largest absolute Gasteiger partial charge is 0.321 e. The van der Waals surface area contributed by atoms with Crippen LogP contribution < -0.4 is 4.31 Å². The summed E-state index contributed by atoms with van der Waals surface area (Å²) in [5.74, 6) is 0.680. The number of imidazole rings is 1. The van der Waals surface area contributed by atoms with E-state index in [1.54, 1.807) is 18.5 Å². The predicted octanol–water partition coefficient (Wildman–Crippen LogP) is 2.26. The van der Waals surface area contributed by atoms with Gasteiger partial charge >= 0.3 is 0 Å². The lowest BCUT2D eigenvalue weighted by molar-refractivity contribution is 0.516. The van der Waals surface area contributed by atoms with Crippen molar-refractivity contribution in [2.75, 3.05) is 4.31 Å². The van der Waals surface area contributed by atoms with Gasteiger partial charge in [-0.2, -0.15) is 8.42 Å². The summed E-state index contributed by atoms with van der Waals surface area (Å²) in [5.41, 5.74) is 1.34. The number of fused-ring (bicyclic) bond motifs is 1. The van der Waals surface area contributed by atoms with Crippen LogP contribution in [-0.4, -0.2) is 23.5 Å². The van der Waals surface area contributed by atoms with Crippen LogP contribution in [-0.2, 0) is 23.5 Å². The SMILES string of the molecule is Cc1ncc(S(=O)(=O)N2c3ccccc3CC2(C)C)n1C. The first-order chi connectivity index (χ1) is 9.75. The summed E-state index contributed by atoms with van der Waals surface area (Å²) in [6, 6.07) is 7.67.